The van der Waals surface area contributed by atoms with Crippen molar-refractivity contribution in [1.29, 1.82) is 0 Å². The van der Waals surface area contributed by atoms with Crippen LogP contribution in [-0.2, 0) is 0 Å². The zero-order chi connectivity index (χ0) is 17.6. The maximum absolute atomic E-state index is 3.99. The molecule has 0 atom stereocenters. The van der Waals surface area contributed by atoms with E-state index in [4.69, 9.17) is 0 Å². The van der Waals surface area contributed by atoms with Gasteiger partial charge in [0.1, 0.15) is 0 Å². The summed E-state index contributed by atoms with van der Waals surface area (Å²) in [6.45, 7) is 8.20. The quantitative estimate of drug-likeness (QED) is 0.618. The molecular weight excluding hydrogens is 294 g/mol. The second-order valence-electron chi connectivity index (χ2n) is 4.91. The van der Waals surface area contributed by atoms with Gasteiger partial charge in [0.15, 0.2) is 0 Å². The van der Waals surface area contributed by atoms with E-state index in [0.717, 1.165) is 12.1 Å². The molecule has 0 bridgehead atoms. The number of hydrogen-bond donors (Lipinski definition) is 0. The Hall–Kier alpha value is -2.68. The molecule has 0 aliphatic rings. The van der Waals surface area contributed by atoms with Gasteiger partial charge >= 0.3 is 0 Å². The van der Waals surface area contributed by atoms with Crippen LogP contribution in [0.25, 0.3) is 11.8 Å². The molecule has 0 saturated carbocycles. The smallest absolute Gasteiger partial charge is 0.0991 e. The van der Waals surface area contributed by atoms with Crippen LogP contribution in [0.5, 0.6) is 0 Å². The predicted molar refractivity (Wildman–Crippen MR) is 103 cm³/mol. The molecule has 3 rings (SSSR count). The fourth-order valence-corrected chi connectivity index (χ4v) is 1.93. The molecule has 0 aliphatic carbocycles. The Balaban J connectivity index is 0.000000221. The Labute approximate surface area is 145 Å². The summed E-state index contributed by atoms with van der Waals surface area (Å²) in [5.41, 5.74) is 3.60. The molecule has 0 saturated heterocycles. The van der Waals surface area contributed by atoms with Crippen molar-refractivity contribution in [1.82, 2.24) is 14.5 Å². The van der Waals surface area contributed by atoms with E-state index < -0.39 is 0 Å². The van der Waals surface area contributed by atoms with Crippen molar-refractivity contribution in [2.45, 2.75) is 34.1 Å². The van der Waals surface area contributed by atoms with Crippen molar-refractivity contribution >= 4 is 6.08 Å². The number of benzene rings is 1. The minimum atomic E-state index is 1.08. The lowest BCUT2D eigenvalue weighted by Crippen LogP contribution is -1.89. The van der Waals surface area contributed by atoms with Gasteiger partial charge in [-0.3, -0.25) is 4.98 Å². The second kappa shape index (κ2) is 11.8. The molecule has 3 nitrogen and oxygen atoms in total. The summed E-state index contributed by atoms with van der Waals surface area (Å²) in [5.74, 6) is 0. The number of pyridine rings is 1. The zero-order valence-electron chi connectivity index (χ0n) is 15.1. The van der Waals surface area contributed by atoms with Crippen LogP contribution in [0.4, 0.5) is 0 Å². The predicted octanol–water partition coefficient (Wildman–Crippen LogP) is 5.71. The third-order valence-electron chi connectivity index (χ3n) is 3.03. The molecule has 0 amide bonds. The Kier molecular flexibility index (Phi) is 9.55. The topological polar surface area (TPSA) is 30.7 Å². The normalized spacial score (nSPS) is 9.67. The van der Waals surface area contributed by atoms with Crippen LogP contribution >= 0.6 is 0 Å². The fraction of sp³-hybridized carbons (Fsp3) is 0.238. The monoisotopic (exact) mass is 321 g/mol. The highest BCUT2D eigenvalue weighted by Crippen LogP contribution is 2.08. The van der Waals surface area contributed by atoms with E-state index in [1.165, 1.54) is 11.1 Å². The molecule has 0 N–H and O–H groups in total. The molecule has 2 heterocycles. The molecule has 0 radical (unpaired) electrons. The van der Waals surface area contributed by atoms with Gasteiger partial charge in [0.25, 0.3) is 0 Å². The molecule has 2 aromatic heterocycles. The van der Waals surface area contributed by atoms with E-state index in [0.29, 0.717) is 0 Å². The summed E-state index contributed by atoms with van der Waals surface area (Å²) in [7, 11) is 0. The highest BCUT2D eigenvalue weighted by molar-refractivity contribution is 5.46. The van der Waals surface area contributed by atoms with Crippen molar-refractivity contribution in [3.05, 3.63) is 84.7 Å². The van der Waals surface area contributed by atoms with Crippen molar-refractivity contribution in [2.75, 3.05) is 0 Å². The van der Waals surface area contributed by atoms with Gasteiger partial charge in [0.2, 0.25) is 0 Å². The maximum Gasteiger partial charge on any atom is 0.0991 e. The Morgan fingerprint density at radius 3 is 2.46 bits per heavy atom. The summed E-state index contributed by atoms with van der Waals surface area (Å²) in [4.78, 5) is 7.98. The van der Waals surface area contributed by atoms with E-state index in [1.54, 1.807) is 18.7 Å². The van der Waals surface area contributed by atoms with E-state index >= 15 is 0 Å². The molecule has 0 unspecified atom stereocenters. The van der Waals surface area contributed by atoms with Gasteiger partial charge in [-0.05, 0) is 42.7 Å². The number of rotatable bonds is 3. The second-order valence-corrected chi connectivity index (χ2v) is 4.91. The minimum absolute atomic E-state index is 1.08. The van der Waals surface area contributed by atoms with Gasteiger partial charge < -0.3 is 4.57 Å². The largest absolute Gasteiger partial charge is 0.306 e. The first-order chi connectivity index (χ1) is 11.8. The number of nitrogens with zero attached hydrogens (tertiary/aromatic N) is 3. The van der Waals surface area contributed by atoms with Crippen LogP contribution in [0.3, 0.4) is 0 Å². The lowest BCUT2D eigenvalue weighted by molar-refractivity contribution is 1.05. The number of aromatic nitrogens is 3. The average Bonchev–Trinajstić information content (AvgIpc) is 3.18. The van der Waals surface area contributed by atoms with Crippen molar-refractivity contribution in [3.8, 4) is 5.69 Å². The highest BCUT2D eigenvalue weighted by atomic mass is 15.0. The maximum atomic E-state index is 3.99. The van der Waals surface area contributed by atoms with Crippen molar-refractivity contribution in [3.63, 3.8) is 0 Å². The van der Waals surface area contributed by atoms with Crippen LogP contribution in [0.15, 0.2) is 73.6 Å². The first-order valence-electron chi connectivity index (χ1n) is 8.41. The Morgan fingerprint density at radius 1 is 1.04 bits per heavy atom. The molecule has 0 spiro atoms. The SMILES string of the molecule is CC.CC/C=C/c1cccnc1.Cc1cccc(-n2ccnc2)c1. The van der Waals surface area contributed by atoms with Gasteiger partial charge in [0.05, 0.1) is 6.33 Å². The Bertz CT molecular complexity index is 686. The number of imidazole rings is 1. The molecular formula is C21H27N3. The van der Waals surface area contributed by atoms with Gasteiger partial charge in [-0.15, -0.1) is 0 Å². The van der Waals surface area contributed by atoms with Crippen LogP contribution in [-0.4, -0.2) is 14.5 Å². The molecule has 0 aliphatic heterocycles. The summed E-state index contributed by atoms with van der Waals surface area (Å²) < 4.78 is 1.99. The van der Waals surface area contributed by atoms with Crippen LogP contribution < -0.4 is 0 Å². The summed E-state index contributed by atoms with van der Waals surface area (Å²) >= 11 is 0. The molecule has 3 heteroatoms. The van der Waals surface area contributed by atoms with Gasteiger partial charge in [-0.2, -0.15) is 0 Å². The third kappa shape index (κ3) is 7.05. The average molecular weight is 321 g/mol. The molecule has 1 aromatic carbocycles. The third-order valence-corrected chi connectivity index (χ3v) is 3.03. The van der Waals surface area contributed by atoms with Crippen LogP contribution in [0.1, 0.15) is 38.3 Å². The van der Waals surface area contributed by atoms with E-state index in [9.17, 15) is 0 Å². The van der Waals surface area contributed by atoms with E-state index in [-0.39, 0.29) is 0 Å². The zero-order valence-corrected chi connectivity index (χ0v) is 15.1. The van der Waals surface area contributed by atoms with Crippen molar-refractivity contribution in [2.24, 2.45) is 0 Å². The molecule has 24 heavy (non-hydrogen) atoms. The Morgan fingerprint density at radius 2 is 1.88 bits per heavy atom. The minimum Gasteiger partial charge on any atom is -0.306 e. The van der Waals surface area contributed by atoms with Crippen molar-refractivity contribution < 1.29 is 0 Å². The van der Waals surface area contributed by atoms with Crippen LogP contribution in [0.2, 0.25) is 0 Å². The van der Waals surface area contributed by atoms with Gasteiger partial charge in [-0.1, -0.05) is 51.1 Å². The summed E-state index contributed by atoms with van der Waals surface area (Å²) in [5, 5.41) is 0. The summed E-state index contributed by atoms with van der Waals surface area (Å²) in [6, 6.07) is 12.3. The molecule has 0 fully saturated rings. The molecule has 126 valence electrons. The number of allylic oxidation sites excluding steroid dienone is 1. The number of aryl methyl sites for hydroxylation is 1. The van der Waals surface area contributed by atoms with E-state index in [2.05, 4.69) is 54.2 Å². The van der Waals surface area contributed by atoms with Crippen LogP contribution in [0, 0.1) is 6.92 Å². The van der Waals surface area contributed by atoms with Gasteiger partial charge in [-0.25, -0.2) is 4.98 Å². The first kappa shape index (κ1) is 19.4. The van der Waals surface area contributed by atoms with Gasteiger partial charge in [0, 0.05) is 30.5 Å². The fourth-order valence-electron chi connectivity index (χ4n) is 1.93. The standard InChI is InChI=1S/C10H10N2.C9H11N.C2H6/c1-9-3-2-4-10(7-9)12-6-5-11-8-12;1-2-3-5-9-6-4-7-10-8-9;1-2/h2-8H,1H3;3-8H,2H2,1H3;1-2H3/b;5-3+;. The summed E-state index contributed by atoms with van der Waals surface area (Å²) in [6.07, 6.45) is 14.4. The lowest BCUT2D eigenvalue weighted by atomic mass is 10.2. The van der Waals surface area contributed by atoms with E-state index in [1.807, 2.05) is 49.0 Å². The lowest BCUT2D eigenvalue weighted by Gasteiger charge is -2.01. The number of hydrogen-bond acceptors (Lipinski definition) is 2. The molecule has 3 aromatic rings. The highest BCUT2D eigenvalue weighted by Gasteiger charge is 1.93. The first-order valence-corrected chi connectivity index (χ1v) is 8.41.